The number of aliphatic hydroxyl groups excluding tert-OH is 1. The Morgan fingerprint density at radius 1 is 1.33 bits per heavy atom. The second-order valence-corrected chi connectivity index (χ2v) is 3.84. The van der Waals surface area contributed by atoms with Crippen LogP contribution in [0.5, 0.6) is 0 Å². The minimum atomic E-state index is -0.845. The van der Waals surface area contributed by atoms with Gasteiger partial charge < -0.3 is 10.2 Å². The molecule has 0 aromatic carbocycles. The molecule has 2 atom stereocenters. The Morgan fingerprint density at radius 3 is 2.33 bits per heavy atom. The van der Waals surface area contributed by atoms with Crippen LogP contribution in [0.4, 0.5) is 4.39 Å². The molecule has 0 spiro atoms. The Labute approximate surface area is 89.6 Å². The fraction of sp³-hybridized carbons (Fsp3) is 0.727. The predicted octanol–water partition coefficient (Wildman–Crippen LogP) is 2.92. The molecule has 0 bridgehead atoms. The van der Waals surface area contributed by atoms with Crippen LogP contribution in [0, 0.1) is 11.8 Å². The van der Waals surface area contributed by atoms with Crippen molar-refractivity contribution in [2.24, 2.45) is 11.8 Å². The number of hydrogen-bond donors (Lipinski definition) is 2. The van der Waals surface area contributed by atoms with Crippen molar-refractivity contribution < 1.29 is 19.4 Å². The van der Waals surface area contributed by atoms with Crippen molar-refractivity contribution in [3.8, 4) is 0 Å². The number of carboxylic acid groups (broad SMARTS) is 1. The summed E-state index contributed by atoms with van der Waals surface area (Å²) in [7, 11) is 0. The van der Waals surface area contributed by atoms with E-state index < -0.39 is 18.6 Å². The quantitative estimate of drug-likeness (QED) is 0.616. The van der Waals surface area contributed by atoms with Gasteiger partial charge in [-0.05, 0) is 25.7 Å². The Kier molecular flexibility index (Phi) is 6.75. The van der Waals surface area contributed by atoms with Crippen molar-refractivity contribution in [2.75, 3.05) is 6.67 Å². The molecule has 0 heterocycles. The topological polar surface area (TPSA) is 57.5 Å². The number of aliphatic carboxylic acids is 1. The van der Waals surface area contributed by atoms with E-state index >= 15 is 0 Å². The zero-order valence-electron chi connectivity index (χ0n) is 9.08. The molecule has 0 aliphatic rings. The summed E-state index contributed by atoms with van der Waals surface area (Å²) in [6.07, 6.45) is 1.93. The molecule has 0 saturated heterocycles. The highest BCUT2D eigenvalue weighted by atomic mass is 19.1. The van der Waals surface area contributed by atoms with Gasteiger partial charge in [0.25, 0.3) is 0 Å². The summed E-state index contributed by atoms with van der Waals surface area (Å²) < 4.78 is 11.9. The summed E-state index contributed by atoms with van der Waals surface area (Å²) in [5.74, 6) is -1.43. The Morgan fingerprint density at radius 2 is 1.93 bits per heavy atom. The molecule has 0 saturated carbocycles. The summed E-state index contributed by atoms with van der Waals surface area (Å²) in [4.78, 5) is 10.6. The summed E-state index contributed by atoms with van der Waals surface area (Å²) in [5.41, 5.74) is 0. The first-order valence-corrected chi connectivity index (χ1v) is 5.15. The first kappa shape index (κ1) is 13.9. The van der Waals surface area contributed by atoms with Gasteiger partial charge in [-0.3, -0.25) is 9.18 Å². The van der Waals surface area contributed by atoms with Gasteiger partial charge in [0.05, 0.1) is 18.4 Å². The molecular weight excluding hydrogens is 199 g/mol. The van der Waals surface area contributed by atoms with E-state index in [-0.39, 0.29) is 11.7 Å². The Bertz CT molecular complexity index is 216. The third-order valence-corrected chi connectivity index (χ3v) is 2.53. The van der Waals surface area contributed by atoms with Crippen LogP contribution in [0.2, 0.25) is 0 Å². The van der Waals surface area contributed by atoms with Crippen molar-refractivity contribution in [1.82, 2.24) is 0 Å². The number of rotatable bonds is 8. The van der Waals surface area contributed by atoms with Gasteiger partial charge in [-0.15, -0.1) is 0 Å². The van der Waals surface area contributed by atoms with E-state index in [9.17, 15) is 14.3 Å². The predicted molar refractivity (Wildman–Crippen MR) is 56.5 cm³/mol. The molecule has 0 aliphatic heterocycles. The largest absolute Gasteiger partial charge is 0.513 e. The highest BCUT2D eigenvalue weighted by Gasteiger charge is 2.16. The SMILES string of the molecule is C=C(O)C(CCCF)CC[C@H](C)C(=O)O. The van der Waals surface area contributed by atoms with Crippen LogP contribution in [0.1, 0.15) is 32.6 Å². The standard InChI is InChI=1S/C11H19FO3/c1-8(11(14)15)5-6-10(9(2)13)4-3-7-12/h8,10,13H,2-7H2,1H3,(H,14,15)/t8-,10?/m0/s1. The lowest BCUT2D eigenvalue weighted by molar-refractivity contribution is -0.141. The van der Waals surface area contributed by atoms with Gasteiger partial charge in [-0.2, -0.15) is 0 Å². The van der Waals surface area contributed by atoms with E-state index in [0.29, 0.717) is 25.7 Å². The zero-order valence-corrected chi connectivity index (χ0v) is 9.08. The van der Waals surface area contributed by atoms with E-state index in [2.05, 4.69) is 6.58 Å². The molecule has 2 N–H and O–H groups in total. The monoisotopic (exact) mass is 218 g/mol. The number of halogens is 1. The van der Waals surface area contributed by atoms with E-state index in [0.717, 1.165) is 0 Å². The molecule has 0 aromatic rings. The number of aliphatic hydroxyl groups is 1. The van der Waals surface area contributed by atoms with E-state index in [1.54, 1.807) is 6.92 Å². The fourth-order valence-electron chi connectivity index (χ4n) is 1.38. The highest BCUT2D eigenvalue weighted by molar-refractivity contribution is 5.69. The van der Waals surface area contributed by atoms with Crippen molar-refractivity contribution in [3.63, 3.8) is 0 Å². The van der Waals surface area contributed by atoms with Gasteiger partial charge in [0.15, 0.2) is 0 Å². The van der Waals surface area contributed by atoms with Gasteiger partial charge in [-0.1, -0.05) is 13.5 Å². The lowest BCUT2D eigenvalue weighted by Gasteiger charge is -2.15. The molecule has 3 nitrogen and oxygen atoms in total. The Balaban J connectivity index is 3.95. The normalized spacial score (nSPS) is 14.5. The van der Waals surface area contributed by atoms with Crippen molar-refractivity contribution in [1.29, 1.82) is 0 Å². The van der Waals surface area contributed by atoms with Gasteiger partial charge in [0.2, 0.25) is 0 Å². The molecule has 1 unspecified atom stereocenters. The maximum absolute atomic E-state index is 11.9. The van der Waals surface area contributed by atoms with Crippen molar-refractivity contribution in [2.45, 2.75) is 32.6 Å². The van der Waals surface area contributed by atoms with E-state index in [1.165, 1.54) is 0 Å². The second-order valence-electron chi connectivity index (χ2n) is 3.84. The summed E-state index contributed by atoms with van der Waals surface area (Å²) in [6, 6.07) is 0. The molecule has 0 rings (SSSR count). The number of carboxylic acids is 1. The Hall–Kier alpha value is -1.06. The molecule has 0 aliphatic carbocycles. The first-order valence-electron chi connectivity index (χ1n) is 5.15. The van der Waals surface area contributed by atoms with E-state index in [4.69, 9.17) is 5.11 Å². The molecule has 88 valence electrons. The van der Waals surface area contributed by atoms with Gasteiger partial charge in [-0.25, -0.2) is 0 Å². The third kappa shape index (κ3) is 6.10. The molecule has 4 heteroatoms. The zero-order chi connectivity index (χ0) is 11.8. The molecular formula is C11H19FO3. The van der Waals surface area contributed by atoms with Crippen LogP contribution >= 0.6 is 0 Å². The summed E-state index contributed by atoms with van der Waals surface area (Å²) in [5, 5.41) is 17.9. The van der Waals surface area contributed by atoms with Crippen LogP contribution in [0.15, 0.2) is 12.3 Å². The van der Waals surface area contributed by atoms with Crippen LogP contribution < -0.4 is 0 Å². The van der Waals surface area contributed by atoms with Crippen LogP contribution in [-0.2, 0) is 4.79 Å². The number of carbonyl (C=O) groups is 1. The lowest BCUT2D eigenvalue weighted by atomic mass is 9.92. The molecule has 15 heavy (non-hydrogen) atoms. The van der Waals surface area contributed by atoms with E-state index in [1.807, 2.05) is 0 Å². The van der Waals surface area contributed by atoms with Crippen LogP contribution in [0.3, 0.4) is 0 Å². The minimum Gasteiger partial charge on any atom is -0.513 e. The van der Waals surface area contributed by atoms with Crippen molar-refractivity contribution in [3.05, 3.63) is 12.3 Å². The van der Waals surface area contributed by atoms with Crippen LogP contribution in [0.25, 0.3) is 0 Å². The average molecular weight is 218 g/mol. The average Bonchev–Trinajstić information content (AvgIpc) is 2.16. The summed E-state index contributed by atoms with van der Waals surface area (Å²) >= 11 is 0. The number of allylic oxidation sites excluding steroid dienone is 1. The maximum atomic E-state index is 11.9. The van der Waals surface area contributed by atoms with Crippen LogP contribution in [-0.4, -0.2) is 22.9 Å². The van der Waals surface area contributed by atoms with Crippen molar-refractivity contribution >= 4 is 5.97 Å². The number of hydrogen-bond acceptors (Lipinski definition) is 2. The first-order chi connectivity index (χ1) is 6.99. The third-order valence-electron chi connectivity index (χ3n) is 2.53. The minimum absolute atomic E-state index is 0.0287. The molecule has 0 fully saturated rings. The smallest absolute Gasteiger partial charge is 0.306 e. The lowest BCUT2D eigenvalue weighted by Crippen LogP contribution is -2.12. The second kappa shape index (κ2) is 7.26. The summed E-state index contributed by atoms with van der Waals surface area (Å²) in [6.45, 7) is 4.62. The number of alkyl halides is 1. The molecule has 0 radical (unpaired) electrons. The molecule has 0 aromatic heterocycles. The molecule has 0 amide bonds. The fourth-order valence-corrected chi connectivity index (χ4v) is 1.38. The van der Waals surface area contributed by atoms with Gasteiger partial charge >= 0.3 is 5.97 Å². The highest BCUT2D eigenvalue weighted by Crippen LogP contribution is 2.22. The van der Waals surface area contributed by atoms with Gasteiger partial charge in [0, 0.05) is 5.92 Å². The maximum Gasteiger partial charge on any atom is 0.306 e. The van der Waals surface area contributed by atoms with Gasteiger partial charge in [0.1, 0.15) is 0 Å².